The van der Waals surface area contributed by atoms with Gasteiger partial charge < -0.3 is 14.7 Å². The van der Waals surface area contributed by atoms with Gasteiger partial charge in [0, 0.05) is 41.5 Å². The van der Waals surface area contributed by atoms with E-state index in [0.29, 0.717) is 36.1 Å². The van der Waals surface area contributed by atoms with Crippen LogP contribution < -0.4 is 5.32 Å². The zero-order valence-corrected chi connectivity index (χ0v) is 14.3. The molecule has 0 bridgehead atoms. The first kappa shape index (κ1) is 14.0. The summed E-state index contributed by atoms with van der Waals surface area (Å²) >= 11 is 0. The van der Waals surface area contributed by atoms with E-state index in [-0.39, 0.29) is 10.8 Å². The second-order valence-electron chi connectivity index (χ2n) is 8.61. The molecule has 0 spiro atoms. The fourth-order valence-electron chi connectivity index (χ4n) is 7.36. The first-order valence-corrected chi connectivity index (χ1v) is 9.03. The Hall–Kier alpha value is -2.24. The highest BCUT2D eigenvalue weighted by Crippen LogP contribution is 2.96. The number of amidine groups is 1. The molecule has 4 saturated carbocycles. The highest BCUT2D eigenvalue weighted by atomic mass is 16.1. The zero-order valence-electron chi connectivity index (χ0n) is 14.3. The minimum absolute atomic E-state index is 0.112. The molecule has 4 atom stereocenters. The van der Waals surface area contributed by atoms with Crippen LogP contribution in [0.1, 0.15) is 19.2 Å². The quantitative estimate of drug-likeness (QED) is 0.830. The van der Waals surface area contributed by atoms with Crippen molar-refractivity contribution in [2.45, 2.75) is 13.3 Å². The molecule has 2 heterocycles. The summed E-state index contributed by atoms with van der Waals surface area (Å²) in [5.74, 6) is 4.23. The number of nitrogens with one attached hydrogen (secondary N) is 1. The lowest BCUT2D eigenvalue weighted by Gasteiger charge is -2.96. The van der Waals surface area contributed by atoms with Crippen LogP contribution in [0.4, 0.5) is 0 Å². The van der Waals surface area contributed by atoms with Gasteiger partial charge in [0.15, 0.2) is 11.7 Å². The number of nitrogens with zero attached hydrogens (tertiary/aromatic N) is 3. The molecule has 128 valence electrons. The van der Waals surface area contributed by atoms with Crippen LogP contribution in [0.25, 0.3) is 0 Å². The Kier molecular flexibility index (Phi) is 2.21. The summed E-state index contributed by atoms with van der Waals surface area (Å²) in [7, 11) is 1.95. The molecule has 5 aliphatic rings. The largest absolute Gasteiger partial charge is 0.340 e. The number of hydrogen-bond acceptors (Lipinski definition) is 5. The van der Waals surface area contributed by atoms with E-state index in [1.807, 2.05) is 17.8 Å². The molecular formula is C19H20N4O2. The van der Waals surface area contributed by atoms with Crippen molar-refractivity contribution < 1.29 is 9.59 Å². The van der Waals surface area contributed by atoms with Gasteiger partial charge in [0.05, 0.1) is 6.54 Å². The molecule has 1 aliphatic heterocycles. The normalized spacial score (nSPS) is 47.9. The lowest BCUT2D eigenvalue weighted by molar-refractivity contribution is -0.470. The molecule has 0 radical (unpaired) electrons. The van der Waals surface area contributed by atoms with Gasteiger partial charge in [0.1, 0.15) is 12.6 Å². The molecule has 1 N–H and O–H groups in total. The Morgan fingerprint density at radius 3 is 2.60 bits per heavy atom. The number of allylic oxidation sites excluding steroid dienone is 1. The molecule has 1 aromatic heterocycles. The van der Waals surface area contributed by atoms with Gasteiger partial charge >= 0.3 is 0 Å². The number of rotatable bonds is 4. The molecule has 6 heteroatoms. The van der Waals surface area contributed by atoms with Crippen molar-refractivity contribution in [3.8, 4) is 0 Å². The Labute approximate surface area is 145 Å². The summed E-state index contributed by atoms with van der Waals surface area (Å²) in [4.78, 5) is 32.3. The fourth-order valence-corrected chi connectivity index (χ4v) is 7.36. The molecular weight excluding hydrogens is 316 g/mol. The molecule has 4 unspecified atom stereocenters. The number of aldehydes is 2. The fraction of sp³-hybridized carbons (Fsp3) is 0.579. The first-order valence-electron chi connectivity index (χ1n) is 9.03. The number of carbonyl (C=O) groups excluding carboxylic acids is 2. The minimum Gasteiger partial charge on any atom is -0.340 e. The molecule has 25 heavy (non-hydrogen) atoms. The summed E-state index contributed by atoms with van der Waals surface area (Å²) in [5, 5.41) is 3.50. The number of carbonyl (C=O) groups is 2. The van der Waals surface area contributed by atoms with E-state index >= 15 is 0 Å². The van der Waals surface area contributed by atoms with Gasteiger partial charge in [0.2, 0.25) is 0 Å². The Balaban J connectivity index is 1.38. The van der Waals surface area contributed by atoms with Crippen LogP contribution in [-0.4, -0.2) is 34.5 Å². The number of aromatic nitrogens is 2. The number of hydrogen-bond donors (Lipinski definition) is 1. The molecule has 6 nitrogen and oxygen atoms in total. The van der Waals surface area contributed by atoms with Gasteiger partial charge in [-0.1, -0.05) is 6.92 Å². The summed E-state index contributed by atoms with van der Waals surface area (Å²) in [6.07, 6.45) is 7.03. The van der Waals surface area contributed by atoms with Crippen LogP contribution in [-0.2, 0) is 16.6 Å². The van der Waals surface area contributed by atoms with Crippen molar-refractivity contribution in [2.75, 3.05) is 6.54 Å². The molecule has 0 amide bonds. The smallest absolute Gasteiger partial charge is 0.175 e. The molecule has 0 aromatic carbocycles. The molecule has 4 aliphatic carbocycles. The number of aliphatic imine (C=N–C) groups is 1. The van der Waals surface area contributed by atoms with Crippen molar-refractivity contribution in [3.63, 3.8) is 0 Å². The molecule has 1 aromatic rings. The van der Waals surface area contributed by atoms with Gasteiger partial charge in [-0.05, 0) is 36.0 Å². The summed E-state index contributed by atoms with van der Waals surface area (Å²) in [5.41, 5.74) is 1.86. The van der Waals surface area contributed by atoms with Gasteiger partial charge in [-0.2, -0.15) is 0 Å². The Morgan fingerprint density at radius 1 is 1.28 bits per heavy atom. The maximum absolute atomic E-state index is 11.7. The van der Waals surface area contributed by atoms with E-state index in [4.69, 9.17) is 0 Å². The monoisotopic (exact) mass is 336 g/mol. The van der Waals surface area contributed by atoms with E-state index in [2.05, 4.69) is 22.2 Å². The second kappa shape index (κ2) is 3.94. The average Bonchev–Trinajstić information content (AvgIpc) is 3.07. The lowest BCUT2D eigenvalue weighted by atomic mass is 9.07. The predicted molar refractivity (Wildman–Crippen MR) is 89.5 cm³/mol. The average molecular weight is 336 g/mol. The van der Waals surface area contributed by atoms with Crippen LogP contribution in [0, 0.1) is 40.4 Å². The van der Waals surface area contributed by atoms with Crippen LogP contribution >= 0.6 is 0 Å². The van der Waals surface area contributed by atoms with E-state index in [1.165, 1.54) is 12.7 Å². The highest BCUT2D eigenvalue weighted by Gasteiger charge is 2.95. The second-order valence-corrected chi connectivity index (χ2v) is 8.61. The Bertz CT molecular complexity index is 879. The van der Waals surface area contributed by atoms with E-state index < -0.39 is 0 Å². The van der Waals surface area contributed by atoms with Crippen LogP contribution in [0.15, 0.2) is 28.7 Å². The van der Waals surface area contributed by atoms with Gasteiger partial charge in [-0.15, -0.1) is 0 Å². The minimum atomic E-state index is -0.118. The standard InChI is InChI=1S/C19H20N4O2/c1-18(8-25)12-10-5-11-13(18)14(12)19(10,11)15-9(7-24)6-21-16(22-15)17-20-3-4-23(17)2/h3-4,7-8,10-14H,5-6H2,1-2H3,(H,21,22). The van der Waals surface area contributed by atoms with E-state index in [1.54, 1.807) is 6.20 Å². The number of imidazole rings is 1. The van der Waals surface area contributed by atoms with Gasteiger partial charge in [-0.3, -0.25) is 9.79 Å². The van der Waals surface area contributed by atoms with Crippen LogP contribution in [0.3, 0.4) is 0 Å². The SMILES string of the molecule is Cn1ccnc1C1=NCC(C=O)=C(C23C4CC2C2C3C4C2(C)C=O)N1. The number of fused-ring (bicyclic) bond motifs is 2. The maximum Gasteiger partial charge on any atom is 0.175 e. The highest BCUT2D eigenvalue weighted by molar-refractivity contribution is 5.99. The third kappa shape index (κ3) is 1.16. The van der Waals surface area contributed by atoms with E-state index in [0.717, 1.165) is 29.2 Å². The molecule has 4 fully saturated rings. The van der Waals surface area contributed by atoms with Crippen molar-refractivity contribution in [1.29, 1.82) is 0 Å². The Morgan fingerprint density at radius 2 is 2.04 bits per heavy atom. The maximum atomic E-state index is 11.7. The molecule has 6 rings (SSSR count). The zero-order chi connectivity index (χ0) is 17.1. The van der Waals surface area contributed by atoms with Crippen molar-refractivity contribution in [3.05, 3.63) is 29.5 Å². The topological polar surface area (TPSA) is 76.3 Å². The molecule has 0 saturated heterocycles. The van der Waals surface area contributed by atoms with Crippen molar-refractivity contribution in [1.82, 2.24) is 14.9 Å². The van der Waals surface area contributed by atoms with Gasteiger partial charge in [-0.25, -0.2) is 4.98 Å². The number of aryl methyl sites for hydroxylation is 1. The lowest BCUT2D eigenvalue weighted by Crippen LogP contribution is -2.94. The van der Waals surface area contributed by atoms with Crippen LogP contribution in [0.2, 0.25) is 0 Å². The van der Waals surface area contributed by atoms with Crippen molar-refractivity contribution >= 4 is 18.4 Å². The summed E-state index contributed by atoms with van der Waals surface area (Å²) in [6, 6.07) is 0. The third-order valence-corrected chi connectivity index (χ3v) is 8.20. The summed E-state index contributed by atoms with van der Waals surface area (Å²) < 4.78 is 1.94. The van der Waals surface area contributed by atoms with E-state index in [9.17, 15) is 9.59 Å². The predicted octanol–water partition coefficient (Wildman–Crippen LogP) is 0.940. The van der Waals surface area contributed by atoms with Crippen molar-refractivity contribution in [2.24, 2.45) is 52.5 Å². The summed E-state index contributed by atoms with van der Waals surface area (Å²) in [6.45, 7) is 2.56. The third-order valence-electron chi connectivity index (χ3n) is 8.20. The van der Waals surface area contributed by atoms with Gasteiger partial charge in [0.25, 0.3) is 0 Å². The first-order chi connectivity index (χ1) is 12.1. The van der Waals surface area contributed by atoms with Crippen LogP contribution in [0.5, 0.6) is 0 Å².